The first-order chi connectivity index (χ1) is 12.6. The molecule has 1 aromatic heterocycles. The summed E-state index contributed by atoms with van der Waals surface area (Å²) in [7, 11) is 0. The summed E-state index contributed by atoms with van der Waals surface area (Å²) in [5, 5.41) is 9.76. The number of halogens is 1. The van der Waals surface area contributed by atoms with Crippen molar-refractivity contribution in [2.45, 2.75) is 13.0 Å². The molecule has 0 saturated heterocycles. The molecule has 2 aromatic carbocycles. The molecule has 0 radical (unpaired) electrons. The Hall–Kier alpha value is -3.35. The highest BCUT2D eigenvalue weighted by Gasteiger charge is 2.28. The van der Waals surface area contributed by atoms with Crippen molar-refractivity contribution >= 4 is 11.7 Å². The van der Waals surface area contributed by atoms with Gasteiger partial charge >= 0.3 is 0 Å². The molecule has 3 aromatic rings. The molecule has 0 saturated carbocycles. The average molecular weight is 353 g/mol. The fourth-order valence-corrected chi connectivity index (χ4v) is 2.84. The number of anilines is 1. The van der Waals surface area contributed by atoms with E-state index in [0.717, 1.165) is 11.3 Å². The van der Waals surface area contributed by atoms with Gasteiger partial charge in [-0.1, -0.05) is 24.3 Å². The van der Waals surface area contributed by atoms with Crippen molar-refractivity contribution < 1.29 is 18.7 Å². The van der Waals surface area contributed by atoms with Gasteiger partial charge in [0.1, 0.15) is 12.4 Å². The summed E-state index contributed by atoms with van der Waals surface area (Å²) >= 11 is 0. The molecule has 2 N–H and O–H groups in total. The number of benzene rings is 2. The Labute approximate surface area is 149 Å². The third-order valence-corrected chi connectivity index (χ3v) is 4.12. The molecule has 4 rings (SSSR count). The number of nitrogens with one attached hydrogen (secondary N) is 2. The van der Waals surface area contributed by atoms with Gasteiger partial charge in [-0.3, -0.25) is 9.89 Å². The lowest BCUT2D eigenvalue weighted by Crippen LogP contribution is -2.40. The molecule has 0 spiro atoms. The molecule has 0 bridgehead atoms. The standard InChI is InChI=1S/C19H16FN3O3/c1-11-17(12-6-8-13(20)9-7-12)18(23-22-11)21-19(24)16-10-25-14-4-2-3-5-15(14)26-16/h2-9,16H,10H2,1H3,(H2,21,22,23,24). The van der Waals surface area contributed by atoms with Gasteiger partial charge in [-0.25, -0.2) is 4.39 Å². The second-order valence-electron chi connectivity index (χ2n) is 5.93. The van der Waals surface area contributed by atoms with E-state index < -0.39 is 6.10 Å². The van der Waals surface area contributed by atoms with Crippen molar-refractivity contribution in [1.82, 2.24) is 10.2 Å². The highest BCUT2D eigenvalue weighted by atomic mass is 19.1. The van der Waals surface area contributed by atoms with Crippen molar-refractivity contribution in [2.75, 3.05) is 11.9 Å². The number of carbonyl (C=O) groups is 1. The van der Waals surface area contributed by atoms with E-state index in [-0.39, 0.29) is 18.3 Å². The molecule has 6 nitrogen and oxygen atoms in total. The van der Waals surface area contributed by atoms with Crippen molar-refractivity contribution in [3.63, 3.8) is 0 Å². The predicted octanol–water partition coefficient (Wildman–Crippen LogP) is 3.30. The third-order valence-electron chi connectivity index (χ3n) is 4.12. The molecule has 132 valence electrons. The maximum atomic E-state index is 13.2. The molecule has 0 aliphatic carbocycles. The molecule has 26 heavy (non-hydrogen) atoms. The summed E-state index contributed by atoms with van der Waals surface area (Å²) in [4.78, 5) is 12.6. The Bertz CT molecular complexity index is 953. The van der Waals surface area contributed by atoms with E-state index in [1.807, 2.05) is 19.1 Å². The lowest BCUT2D eigenvalue weighted by atomic mass is 10.1. The topological polar surface area (TPSA) is 76.2 Å². The Morgan fingerprint density at radius 3 is 2.69 bits per heavy atom. The summed E-state index contributed by atoms with van der Waals surface area (Å²) in [5.41, 5.74) is 2.22. The molecular weight excluding hydrogens is 337 g/mol. The minimum absolute atomic E-state index is 0.109. The van der Waals surface area contributed by atoms with E-state index in [9.17, 15) is 9.18 Å². The predicted molar refractivity (Wildman–Crippen MR) is 93.7 cm³/mol. The zero-order chi connectivity index (χ0) is 18.1. The van der Waals surface area contributed by atoms with E-state index in [1.165, 1.54) is 12.1 Å². The summed E-state index contributed by atoms with van der Waals surface area (Å²) < 4.78 is 24.5. The van der Waals surface area contributed by atoms with Gasteiger partial charge in [-0.2, -0.15) is 5.10 Å². The fraction of sp³-hybridized carbons (Fsp3) is 0.158. The van der Waals surface area contributed by atoms with Gasteiger partial charge in [0.25, 0.3) is 5.91 Å². The van der Waals surface area contributed by atoms with Crippen molar-refractivity contribution in [1.29, 1.82) is 0 Å². The third kappa shape index (κ3) is 2.99. The molecular formula is C19H16FN3O3. The maximum Gasteiger partial charge on any atom is 0.270 e. The SMILES string of the molecule is Cc1[nH]nc(NC(=O)C2COc3ccccc3O2)c1-c1ccc(F)cc1. The minimum atomic E-state index is -0.789. The highest BCUT2D eigenvalue weighted by molar-refractivity contribution is 5.97. The van der Waals surface area contributed by atoms with Crippen LogP contribution in [-0.2, 0) is 4.79 Å². The van der Waals surface area contributed by atoms with Gasteiger partial charge in [0.2, 0.25) is 6.10 Å². The minimum Gasteiger partial charge on any atom is -0.485 e. The van der Waals surface area contributed by atoms with Crippen molar-refractivity contribution in [2.24, 2.45) is 0 Å². The van der Waals surface area contributed by atoms with Crippen LogP contribution in [0, 0.1) is 12.7 Å². The Morgan fingerprint density at radius 1 is 1.19 bits per heavy atom. The number of rotatable bonds is 3. The summed E-state index contributed by atoms with van der Waals surface area (Å²) in [5.74, 6) is 0.804. The van der Waals surface area contributed by atoms with E-state index >= 15 is 0 Å². The first kappa shape index (κ1) is 16.1. The van der Waals surface area contributed by atoms with Gasteiger partial charge in [0, 0.05) is 11.3 Å². The van der Waals surface area contributed by atoms with Gasteiger partial charge in [0.15, 0.2) is 17.3 Å². The number of ether oxygens (including phenoxy) is 2. The van der Waals surface area contributed by atoms with Crippen LogP contribution in [0.3, 0.4) is 0 Å². The fourth-order valence-electron chi connectivity index (χ4n) is 2.84. The summed E-state index contributed by atoms with van der Waals surface area (Å²) in [6.45, 7) is 1.94. The summed E-state index contributed by atoms with van der Waals surface area (Å²) in [6.07, 6.45) is -0.789. The Kier molecular flexibility index (Phi) is 4.04. The van der Waals surface area contributed by atoms with E-state index in [0.29, 0.717) is 22.9 Å². The quantitative estimate of drug-likeness (QED) is 0.757. The number of hydrogen-bond donors (Lipinski definition) is 2. The zero-order valence-corrected chi connectivity index (χ0v) is 14.0. The number of para-hydroxylation sites is 2. The normalized spacial score (nSPS) is 15.5. The number of nitrogens with zero attached hydrogens (tertiary/aromatic N) is 1. The largest absolute Gasteiger partial charge is 0.485 e. The van der Waals surface area contributed by atoms with Gasteiger partial charge in [-0.05, 0) is 36.8 Å². The van der Waals surface area contributed by atoms with Gasteiger partial charge in [-0.15, -0.1) is 0 Å². The number of carbonyl (C=O) groups excluding carboxylic acids is 1. The molecule has 0 fully saturated rings. The van der Waals surface area contributed by atoms with E-state index in [2.05, 4.69) is 15.5 Å². The second-order valence-corrected chi connectivity index (χ2v) is 5.93. The molecule has 1 amide bonds. The van der Waals surface area contributed by atoms with Crippen LogP contribution < -0.4 is 14.8 Å². The Balaban J connectivity index is 1.55. The Morgan fingerprint density at radius 2 is 1.92 bits per heavy atom. The van der Waals surface area contributed by atoms with Crippen LogP contribution in [0.25, 0.3) is 11.1 Å². The monoisotopic (exact) mass is 353 g/mol. The summed E-state index contributed by atoms with van der Waals surface area (Å²) in [6, 6.07) is 13.2. The van der Waals surface area contributed by atoms with Crippen molar-refractivity contribution in [3.05, 3.63) is 60.0 Å². The molecule has 1 atom stereocenters. The smallest absolute Gasteiger partial charge is 0.270 e. The van der Waals surface area contributed by atoms with Gasteiger partial charge < -0.3 is 14.8 Å². The lowest BCUT2D eigenvalue weighted by Gasteiger charge is -2.25. The number of fused-ring (bicyclic) bond motifs is 1. The van der Waals surface area contributed by atoms with Crippen LogP contribution in [0.1, 0.15) is 5.69 Å². The molecule has 1 unspecified atom stereocenters. The number of aromatic amines is 1. The van der Waals surface area contributed by atoms with Gasteiger partial charge in [0.05, 0.1) is 0 Å². The molecule has 1 aliphatic heterocycles. The van der Waals surface area contributed by atoms with Crippen LogP contribution in [0.2, 0.25) is 0 Å². The second kappa shape index (κ2) is 6.51. The van der Waals surface area contributed by atoms with Crippen LogP contribution in [0.5, 0.6) is 11.5 Å². The molecule has 2 heterocycles. The van der Waals surface area contributed by atoms with Crippen LogP contribution in [-0.4, -0.2) is 28.8 Å². The first-order valence-electron chi connectivity index (χ1n) is 8.12. The maximum absolute atomic E-state index is 13.2. The van der Waals surface area contributed by atoms with E-state index in [4.69, 9.17) is 9.47 Å². The first-order valence-corrected chi connectivity index (χ1v) is 8.12. The molecule has 7 heteroatoms. The number of aryl methyl sites for hydroxylation is 1. The van der Waals surface area contributed by atoms with Crippen LogP contribution >= 0.6 is 0 Å². The molecule has 1 aliphatic rings. The zero-order valence-electron chi connectivity index (χ0n) is 14.0. The van der Waals surface area contributed by atoms with Crippen LogP contribution in [0.4, 0.5) is 10.2 Å². The average Bonchev–Trinajstić information content (AvgIpc) is 3.02. The number of amides is 1. The van der Waals surface area contributed by atoms with Crippen molar-refractivity contribution in [3.8, 4) is 22.6 Å². The number of hydrogen-bond acceptors (Lipinski definition) is 4. The van der Waals surface area contributed by atoms with E-state index in [1.54, 1.807) is 24.3 Å². The van der Waals surface area contributed by atoms with Crippen LogP contribution in [0.15, 0.2) is 48.5 Å². The number of aromatic nitrogens is 2. The highest BCUT2D eigenvalue weighted by Crippen LogP contribution is 2.32. The lowest BCUT2D eigenvalue weighted by molar-refractivity contribution is -0.125. The number of H-pyrrole nitrogens is 1.